The maximum absolute atomic E-state index is 13.0. The highest BCUT2D eigenvalue weighted by Crippen LogP contribution is 2.15. The normalized spacial score (nSPS) is 12.2. The molecule has 1 aromatic rings. The Labute approximate surface area is 94.3 Å². The van der Waals surface area contributed by atoms with Gasteiger partial charge in [-0.1, -0.05) is 13.3 Å². The maximum atomic E-state index is 13.0. The molecule has 0 aliphatic rings. The molecule has 0 spiro atoms. The first-order valence-corrected chi connectivity index (χ1v) is 5.30. The fourth-order valence-corrected chi connectivity index (χ4v) is 1.48. The number of hydrogen-bond donors (Lipinski definition) is 2. The number of carbonyl (C=O) groups is 1. The standard InChI is InChI=1S/C12H16FNO2/c1-3-4-11(12(15)16)14-9-5-6-10(13)8(2)7-9/h5-7,11,14H,3-4H2,1-2H3,(H,15,16). The molecule has 0 aliphatic carbocycles. The molecule has 16 heavy (non-hydrogen) atoms. The van der Waals surface area contributed by atoms with E-state index in [-0.39, 0.29) is 5.82 Å². The summed E-state index contributed by atoms with van der Waals surface area (Å²) in [6.45, 7) is 3.57. The first-order chi connectivity index (χ1) is 7.54. The summed E-state index contributed by atoms with van der Waals surface area (Å²) in [5, 5.41) is 11.8. The van der Waals surface area contributed by atoms with Gasteiger partial charge in [0.25, 0.3) is 0 Å². The quantitative estimate of drug-likeness (QED) is 0.810. The molecule has 1 aromatic carbocycles. The van der Waals surface area contributed by atoms with E-state index in [1.807, 2.05) is 6.92 Å². The third kappa shape index (κ3) is 3.22. The fourth-order valence-electron chi connectivity index (χ4n) is 1.48. The van der Waals surface area contributed by atoms with Gasteiger partial charge in [0.15, 0.2) is 0 Å². The molecule has 1 atom stereocenters. The Morgan fingerprint density at radius 1 is 1.56 bits per heavy atom. The van der Waals surface area contributed by atoms with Crippen molar-refractivity contribution in [2.24, 2.45) is 0 Å². The van der Waals surface area contributed by atoms with Gasteiger partial charge in [-0.15, -0.1) is 0 Å². The Bertz CT molecular complexity index is 379. The van der Waals surface area contributed by atoms with Gasteiger partial charge in [-0.25, -0.2) is 9.18 Å². The molecule has 1 rings (SSSR count). The molecule has 0 saturated carbocycles. The first-order valence-electron chi connectivity index (χ1n) is 5.30. The van der Waals surface area contributed by atoms with E-state index in [4.69, 9.17) is 5.11 Å². The van der Waals surface area contributed by atoms with E-state index in [1.165, 1.54) is 6.07 Å². The number of nitrogens with one attached hydrogen (secondary N) is 1. The Morgan fingerprint density at radius 3 is 2.75 bits per heavy atom. The van der Waals surface area contributed by atoms with Gasteiger partial charge in [-0.3, -0.25) is 0 Å². The Morgan fingerprint density at radius 2 is 2.25 bits per heavy atom. The zero-order valence-corrected chi connectivity index (χ0v) is 9.46. The number of anilines is 1. The van der Waals surface area contributed by atoms with Crippen molar-refractivity contribution in [3.63, 3.8) is 0 Å². The second-order valence-corrected chi connectivity index (χ2v) is 3.79. The largest absolute Gasteiger partial charge is 0.480 e. The van der Waals surface area contributed by atoms with Gasteiger partial charge in [-0.05, 0) is 37.1 Å². The molecular formula is C12H16FNO2. The molecule has 3 nitrogen and oxygen atoms in total. The van der Waals surface area contributed by atoms with Crippen LogP contribution in [-0.2, 0) is 4.79 Å². The van der Waals surface area contributed by atoms with Crippen LogP contribution >= 0.6 is 0 Å². The van der Waals surface area contributed by atoms with Gasteiger partial charge in [0.2, 0.25) is 0 Å². The zero-order valence-electron chi connectivity index (χ0n) is 9.46. The number of hydrogen-bond acceptors (Lipinski definition) is 2. The smallest absolute Gasteiger partial charge is 0.326 e. The Hall–Kier alpha value is -1.58. The number of halogens is 1. The fraction of sp³-hybridized carbons (Fsp3) is 0.417. The highest BCUT2D eigenvalue weighted by Gasteiger charge is 2.15. The Kier molecular flexibility index (Phi) is 4.28. The molecule has 0 bridgehead atoms. The summed E-state index contributed by atoms with van der Waals surface area (Å²) in [4.78, 5) is 10.9. The molecule has 0 fully saturated rings. The molecule has 0 radical (unpaired) electrons. The molecule has 0 amide bonds. The van der Waals surface area contributed by atoms with Crippen molar-refractivity contribution in [1.29, 1.82) is 0 Å². The third-order valence-corrected chi connectivity index (χ3v) is 2.37. The van der Waals surface area contributed by atoms with E-state index >= 15 is 0 Å². The second kappa shape index (κ2) is 5.49. The van der Waals surface area contributed by atoms with Crippen molar-refractivity contribution in [2.75, 3.05) is 5.32 Å². The van der Waals surface area contributed by atoms with Crippen LogP contribution in [0.1, 0.15) is 25.3 Å². The van der Waals surface area contributed by atoms with Crippen LogP contribution in [-0.4, -0.2) is 17.1 Å². The lowest BCUT2D eigenvalue weighted by Crippen LogP contribution is -2.28. The lowest BCUT2D eigenvalue weighted by Gasteiger charge is -2.15. The van der Waals surface area contributed by atoms with Gasteiger partial charge in [0, 0.05) is 5.69 Å². The predicted molar refractivity (Wildman–Crippen MR) is 61.1 cm³/mol. The van der Waals surface area contributed by atoms with E-state index in [1.54, 1.807) is 19.1 Å². The van der Waals surface area contributed by atoms with E-state index < -0.39 is 12.0 Å². The van der Waals surface area contributed by atoms with Crippen LogP contribution in [0.2, 0.25) is 0 Å². The molecular weight excluding hydrogens is 209 g/mol. The molecule has 0 heterocycles. The summed E-state index contributed by atoms with van der Waals surface area (Å²) >= 11 is 0. The summed E-state index contributed by atoms with van der Waals surface area (Å²) in [6.07, 6.45) is 1.33. The van der Waals surface area contributed by atoms with Gasteiger partial charge < -0.3 is 10.4 Å². The van der Waals surface area contributed by atoms with E-state index in [0.29, 0.717) is 17.7 Å². The highest BCUT2D eigenvalue weighted by molar-refractivity contribution is 5.77. The Balaban J connectivity index is 2.77. The monoisotopic (exact) mass is 225 g/mol. The van der Waals surface area contributed by atoms with Crippen LogP contribution < -0.4 is 5.32 Å². The lowest BCUT2D eigenvalue weighted by atomic mass is 10.1. The van der Waals surface area contributed by atoms with Gasteiger partial charge >= 0.3 is 5.97 Å². The van der Waals surface area contributed by atoms with Crippen LogP contribution in [0.5, 0.6) is 0 Å². The topological polar surface area (TPSA) is 49.3 Å². The van der Waals surface area contributed by atoms with Crippen molar-refractivity contribution < 1.29 is 14.3 Å². The van der Waals surface area contributed by atoms with Crippen molar-refractivity contribution in [1.82, 2.24) is 0 Å². The summed E-state index contributed by atoms with van der Waals surface area (Å²) in [6, 6.07) is 3.88. The number of aliphatic carboxylic acids is 1. The summed E-state index contributed by atoms with van der Waals surface area (Å²) in [5.41, 5.74) is 1.14. The summed E-state index contributed by atoms with van der Waals surface area (Å²) in [7, 11) is 0. The van der Waals surface area contributed by atoms with Crippen molar-refractivity contribution in [2.45, 2.75) is 32.7 Å². The minimum Gasteiger partial charge on any atom is -0.480 e. The van der Waals surface area contributed by atoms with Crippen molar-refractivity contribution >= 4 is 11.7 Å². The van der Waals surface area contributed by atoms with Crippen molar-refractivity contribution in [3.8, 4) is 0 Å². The molecule has 2 N–H and O–H groups in total. The van der Waals surface area contributed by atoms with E-state index in [9.17, 15) is 9.18 Å². The molecule has 88 valence electrons. The van der Waals surface area contributed by atoms with Gasteiger partial charge in [0.1, 0.15) is 11.9 Å². The maximum Gasteiger partial charge on any atom is 0.326 e. The minimum absolute atomic E-state index is 0.284. The molecule has 0 aromatic heterocycles. The molecule has 4 heteroatoms. The highest BCUT2D eigenvalue weighted by atomic mass is 19.1. The third-order valence-electron chi connectivity index (χ3n) is 2.37. The first kappa shape index (κ1) is 12.5. The average molecular weight is 225 g/mol. The minimum atomic E-state index is -0.885. The van der Waals surface area contributed by atoms with Crippen LogP contribution in [0, 0.1) is 12.7 Å². The van der Waals surface area contributed by atoms with Crippen LogP contribution in [0.25, 0.3) is 0 Å². The molecule has 1 unspecified atom stereocenters. The number of carboxylic acid groups (broad SMARTS) is 1. The summed E-state index contributed by atoms with van der Waals surface area (Å²) in [5.74, 6) is -1.17. The summed E-state index contributed by atoms with van der Waals surface area (Å²) < 4.78 is 13.0. The number of carboxylic acids is 1. The number of rotatable bonds is 5. The molecule has 0 aliphatic heterocycles. The van der Waals surface area contributed by atoms with Crippen LogP contribution in [0.3, 0.4) is 0 Å². The number of aryl methyl sites for hydroxylation is 1. The van der Waals surface area contributed by atoms with Gasteiger partial charge in [-0.2, -0.15) is 0 Å². The second-order valence-electron chi connectivity index (χ2n) is 3.79. The van der Waals surface area contributed by atoms with E-state index in [0.717, 1.165) is 6.42 Å². The molecule has 0 saturated heterocycles. The average Bonchev–Trinajstić information content (AvgIpc) is 2.22. The lowest BCUT2D eigenvalue weighted by molar-refractivity contribution is -0.138. The zero-order chi connectivity index (χ0) is 12.1. The van der Waals surface area contributed by atoms with Gasteiger partial charge in [0.05, 0.1) is 0 Å². The van der Waals surface area contributed by atoms with Crippen LogP contribution in [0.15, 0.2) is 18.2 Å². The van der Waals surface area contributed by atoms with Crippen molar-refractivity contribution in [3.05, 3.63) is 29.6 Å². The predicted octanol–water partition coefficient (Wildman–Crippen LogP) is 2.80. The van der Waals surface area contributed by atoms with E-state index in [2.05, 4.69) is 5.32 Å². The number of benzene rings is 1. The SMILES string of the molecule is CCCC(Nc1ccc(F)c(C)c1)C(=O)O. The van der Waals surface area contributed by atoms with Crippen LogP contribution in [0.4, 0.5) is 10.1 Å².